The molecule has 0 aliphatic rings. The first kappa shape index (κ1) is 14.5. The van der Waals surface area contributed by atoms with Crippen LogP contribution in [0, 0.1) is 0 Å². The van der Waals surface area contributed by atoms with Gasteiger partial charge in [-0.3, -0.25) is 4.79 Å². The van der Waals surface area contributed by atoms with Crippen LogP contribution >= 0.6 is 15.9 Å². The lowest BCUT2D eigenvalue weighted by Crippen LogP contribution is -2.35. The highest BCUT2D eigenvalue weighted by atomic mass is 79.9. The van der Waals surface area contributed by atoms with Crippen LogP contribution in [-0.4, -0.2) is 12.0 Å². The van der Waals surface area contributed by atoms with Crippen LogP contribution in [-0.2, 0) is 11.3 Å². The predicted octanol–water partition coefficient (Wildman–Crippen LogP) is 2.71. The summed E-state index contributed by atoms with van der Waals surface area (Å²) in [5, 5.41) is 2.73. The van der Waals surface area contributed by atoms with E-state index in [4.69, 9.17) is 14.9 Å². The van der Waals surface area contributed by atoms with Gasteiger partial charge >= 0.3 is 0 Å². The van der Waals surface area contributed by atoms with Gasteiger partial charge in [0.05, 0.1) is 17.3 Å². The van der Waals surface area contributed by atoms with Gasteiger partial charge in [-0.05, 0) is 47.1 Å². The number of carbonyl (C=O) groups is 1. The summed E-state index contributed by atoms with van der Waals surface area (Å²) < 4.78 is 11.5. The molecular formula is C14H15BrN2O3. The fourth-order valence-corrected chi connectivity index (χ4v) is 1.93. The van der Waals surface area contributed by atoms with Crippen LogP contribution in [0.1, 0.15) is 12.7 Å². The Balaban J connectivity index is 1.92. The molecule has 1 aromatic heterocycles. The first-order valence-electron chi connectivity index (χ1n) is 6.08. The average molecular weight is 339 g/mol. The fourth-order valence-electron chi connectivity index (χ4n) is 1.59. The molecule has 0 aliphatic carbocycles. The highest BCUT2D eigenvalue weighted by molar-refractivity contribution is 9.10. The molecule has 1 amide bonds. The minimum absolute atomic E-state index is 0.226. The van der Waals surface area contributed by atoms with Gasteiger partial charge in [0.15, 0.2) is 6.10 Å². The highest BCUT2D eigenvalue weighted by Gasteiger charge is 2.16. The monoisotopic (exact) mass is 338 g/mol. The van der Waals surface area contributed by atoms with Crippen LogP contribution < -0.4 is 15.8 Å². The molecule has 0 bridgehead atoms. The van der Waals surface area contributed by atoms with E-state index < -0.39 is 6.10 Å². The molecule has 106 valence electrons. The molecule has 0 saturated heterocycles. The van der Waals surface area contributed by atoms with Crippen molar-refractivity contribution in [1.29, 1.82) is 0 Å². The second kappa shape index (κ2) is 6.47. The third-order valence-electron chi connectivity index (χ3n) is 2.65. The van der Waals surface area contributed by atoms with Gasteiger partial charge in [-0.25, -0.2) is 0 Å². The lowest BCUT2D eigenvalue weighted by Gasteiger charge is -2.15. The first-order chi connectivity index (χ1) is 9.56. The second-order valence-electron chi connectivity index (χ2n) is 4.25. The summed E-state index contributed by atoms with van der Waals surface area (Å²) in [7, 11) is 0. The summed E-state index contributed by atoms with van der Waals surface area (Å²) in [6, 6.07) is 8.75. The summed E-state index contributed by atoms with van der Waals surface area (Å²) in [5.74, 6) is 0.997. The number of nitrogens with two attached hydrogens (primary N) is 1. The van der Waals surface area contributed by atoms with Crippen molar-refractivity contribution >= 4 is 27.5 Å². The number of hydrogen-bond acceptors (Lipinski definition) is 4. The Hall–Kier alpha value is -1.95. The van der Waals surface area contributed by atoms with Crippen LogP contribution in [0.25, 0.3) is 0 Å². The Morgan fingerprint density at radius 3 is 3.00 bits per heavy atom. The van der Waals surface area contributed by atoms with E-state index in [2.05, 4.69) is 21.2 Å². The molecule has 1 atom stereocenters. The Morgan fingerprint density at radius 2 is 2.30 bits per heavy atom. The first-order valence-corrected chi connectivity index (χ1v) is 6.87. The number of hydrogen-bond donors (Lipinski definition) is 2. The number of carbonyl (C=O) groups excluding carboxylic acids is 1. The molecule has 1 unspecified atom stereocenters. The van der Waals surface area contributed by atoms with E-state index in [1.165, 1.54) is 0 Å². The number of ether oxygens (including phenoxy) is 1. The van der Waals surface area contributed by atoms with E-state index >= 15 is 0 Å². The van der Waals surface area contributed by atoms with Crippen LogP contribution in [0.3, 0.4) is 0 Å². The van der Waals surface area contributed by atoms with Crippen molar-refractivity contribution in [2.24, 2.45) is 0 Å². The van der Waals surface area contributed by atoms with E-state index in [9.17, 15) is 4.79 Å². The molecule has 6 heteroatoms. The number of anilines is 1. The number of nitrogens with one attached hydrogen (secondary N) is 1. The van der Waals surface area contributed by atoms with E-state index in [0.717, 1.165) is 4.47 Å². The summed E-state index contributed by atoms with van der Waals surface area (Å²) in [6.07, 6.45) is 0.925. The third-order valence-corrected chi connectivity index (χ3v) is 3.30. The Kier molecular flexibility index (Phi) is 4.68. The standard InChI is InChI=1S/C14H15BrN2O3/c1-9(14(18)17-8-11-3-2-6-19-11)20-13-7-10(16)4-5-12(13)15/h2-7,9H,8,16H2,1H3,(H,17,18). The predicted molar refractivity (Wildman–Crippen MR) is 79.2 cm³/mol. The molecular weight excluding hydrogens is 324 g/mol. The van der Waals surface area contributed by atoms with Gasteiger partial charge in [0, 0.05) is 11.8 Å². The summed E-state index contributed by atoms with van der Waals surface area (Å²) in [4.78, 5) is 11.9. The smallest absolute Gasteiger partial charge is 0.261 e. The van der Waals surface area contributed by atoms with E-state index in [1.807, 2.05) is 0 Å². The summed E-state index contributed by atoms with van der Waals surface area (Å²) >= 11 is 3.35. The van der Waals surface area contributed by atoms with Gasteiger partial charge in [0.2, 0.25) is 0 Å². The molecule has 3 N–H and O–H groups in total. The van der Waals surface area contributed by atoms with Crippen molar-refractivity contribution in [1.82, 2.24) is 5.32 Å². The van der Waals surface area contributed by atoms with Crippen LogP contribution in [0.15, 0.2) is 45.5 Å². The molecule has 2 aromatic rings. The van der Waals surface area contributed by atoms with Crippen LogP contribution in [0.2, 0.25) is 0 Å². The molecule has 1 aromatic carbocycles. The van der Waals surface area contributed by atoms with Crippen molar-refractivity contribution in [2.75, 3.05) is 5.73 Å². The normalized spacial score (nSPS) is 11.9. The molecule has 0 radical (unpaired) electrons. The third kappa shape index (κ3) is 3.77. The molecule has 1 heterocycles. The maximum atomic E-state index is 11.9. The summed E-state index contributed by atoms with van der Waals surface area (Å²) in [6.45, 7) is 2.00. The molecule has 0 saturated carbocycles. The molecule has 0 fully saturated rings. The average Bonchev–Trinajstić information content (AvgIpc) is 2.93. The van der Waals surface area contributed by atoms with Gasteiger partial charge in [-0.15, -0.1) is 0 Å². The number of benzene rings is 1. The Labute approximate surface area is 125 Å². The van der Waals surface area contributed by atoms with Crippen molar-refractivity contribution in [2.45, 2.75) is 19.6 Å². The minimum Gasteiger partial charge on any atom is -0.480 e. The van der Waals surface area contributed by atoms with Crippen molar-refractivity contribution in [3.8, 4) is 5.75 Å². The molecule has 0 spiro atoms. The number of amides is 1. The van der Waals surface area contributed by atoms with E-state index in [-0.39, 0.29) is 5.91 Å². The quantitative estimate of drug-likeness (QED) is 0.821. The Bertz CT molecular complexity index is 584. The SMILES string of the molecule is CC(Oc1cc(N)ccc1Br)C(=O)NCc1ccco1. The molecule has 20 heavy (non-hydrogen) atoms. The lowest BCUT2D eigenvalue weighted by atomic mass is 10.3. The van der Waals surface area contributed by atoms with Gasteiger partial charge in [0.25, 0.3) is 5.91 Å². The number of furan rings is 1. The zero-order valence-electron chi connectivity index (χ0n) is 10.9. The number of rotatable bonds is 5. The van der Waals surface area contributed by atoms with E-state index in [0.29, 0.717) is 23.7 Å². The van der Waals surface area contributed by atoms with Gasteiger partial charge in [-0.1, -0.05) is 0 Å². The lowest BCUT2D eigenvalue weighted by molar-refractivity contribution is -0.127. The van der Waals surface area contributed by atoms with Crippen LogP contribution in [0.5, 0.6) is 5.75 Å². The highest BCUT2D eigenvalue weighted by Crippen LogP contribution is 2.27. The van der Waals surface area contributed by atoms with Crippen molar-refractivity contribution in [3.05, 3.63) is 46.8 Å². The maximum Gasteiger partial charge on any atom is 0.261 e. The number of nitrogen functional groups attached to an aromatic ring is 1. The van der Waals surface area contributed by atoms with Crippen molar-refractivity contribution in [3.63, 3.8) is 0 Å². The van der Waals surface area contributed by atoms with Gasteiger partial charge in [0.1, 0.15) is 11.5 Å². The fraction of sp³-hybridized carbons (Fsp3) is 0.214. The minimum atomic E-state index is -0.636. The largest absolute Gasteiger partial charge is 0.480 e. The van der Waals surface area contributed by atoms with Crippen LogP contribution in [0.4, 0.5) is 5.69 Å². The van der Waals surface area contributed by atoms with Crippen molar-refractivity contribution < 1.29 is 13.9 Å². The van der Waals surface area contributed by atoms with Gasteiger partial charge in [-0.2, -0.15) is 0 Å². The van der Waals surface area contributed by atoms with Gasteiger partial charge < -0.3 is 20.2 Å². The molecule has 5 nitrogen and oxygen atoms in total. The second-order valence-corrected chi connectivity index (χ2v) is 5.10. The Morgan fingerprint density at radius 1 is 1.50 bits per heavy atom. The maximum absolute atomic E-state index is 11.9. The molecule has 0 aliphatic heterocycles. The topological polar surface area (TPSA) is 77.5 Å². The van der Waals surface area contributed by atoms with E-state index in [1.54, 1.807) is 43.5 Å². The number of halogens is 1. The molecule has 2 rings (SSSR count). The summed E-state index contributed by atoms with van der Waals surface area (Å²) in [5.41, 5.74) is 6.26. The zero-order valence-corrected chi connectivity index (χ0v) is 12.5. The zero-order chi connectivity index (χ0) is 14.5.